The van der Waals surface area contributed by atoms with Gasteiger partial charge in [-0.05, 0) is 42.8 Å². The van der Waals surface area contributed by atoms with Gasteiger partial charge in [0, 0.05) is 18.1 Å². The molecule has 0 bridgehead atoms. The number of hydrogen-bond donors (Lipinski definition) is 1. The lowest BCUT2D eigenvalue weighted by Gasteiger charge is -2.31. The molecular formula is C20H23BrFN3O4S. The van der Waals surface area contributed by atoms with E-state index < -0.39 is 40.2 Å². The monoisotopic (exact) mass is 499 g/mol. The molecule has 1 unspecified atom stereocenters. The van der Waals surface area contributed by atoms with Gasteiger partial charge in [-0.3, -0.25) is 13.9 Å². The van der Waals surface area contributed by atoms with Crippen molar-refractivity contribution in [1.29, 1.82) is 0 Å². The van der Waals surface area contributed by atoms with E-state index in [1.165, 1.54) is 30.1 Å². The second-order valence-corrected chi connectivity index (χ2v) is 9.51. The molecule has 0 aliphatic carbocycles. The molecule has 0 aliphatic rings. The van der Waals surface area contributed by atoms with Crippen molar-refractivity contribution < 1.29 is 22.4 Å². The molecule has 0 aromatic heterocycles. The molecule has 0 saturated heterocycles. The molecule has 2 aromatic rings. The van der Waals surface area contributed by atoms with Gasteiger partial charge < -0.3 is 10.2 Å². The zero-order chi connectivity index (χ0) is 22.5. The number of likely N-dealkylation sites (N-methyl/N-ethyl adjacent to an activating group) is 1. The maximum atomic E-state index is 13.6. The third-order valence-electron chi connectivity index (χ3n) is 4.43. The van der Waals surface area contributed by atoms with E-state index in [-0.39, 0.29) is 12.2 Å². The minimum atomic E-state index is -3.88. The van der Waals surface area contributed by atoms with E-state index in [0.29, 0.717) is 0 Å². The van der Waals surface area contributed by atoms with Gasteiger partial charge in [-0.1, -0.05) is 34.1 Å². The fourth-order valence-electron chi connectivity index (χ4n) is 2.87. The smallest absolute Gasteiger partial charge is 0.244 e. The molecule has 1 atom stereocenters. The Labute approximate surface area is 184 Å². The lowest BCUT2D eigenvalue weighted by atomic mass is 10.1. The highest BCUT2D eigenvalue weighted by Crippen LogP contribution is 2.20. The zero-order valence-electron chi connectivity index (χ0n) is 16.8. The number of halogens is 2. The Bertz CT molecular complexity index is 1030. The molecule has 0 aliphatic heterocycles. The van der Waals surface area contributed by atoms with Crippen LogP contribution in [-0.4, -0.2) is 51.0 Å². The Balaban J connectivity index is 2.38. The Kier molecular flexibility index (Phi) is 7.96. The molecule has 30 heavy (non-hydrogen) atoms. The summed E-state index contributed by atoms with van der Waals surface area (Å²) in [6, 6.07) is 11.3. The first-order chi connectivity index (χ1) is 14.0. The Morgan fingerprint density at radius 2 is 1.83 bits per heavy atom. The molecule has 10 heteroatoms. The van der Waals surface area contributed by atoms with E-state index in [0.717, 1.165) is 26.7 Å². The summed E-state index contributed by atoms with van der Waals surface area (Å²) in [6.07, 6.45) is 0.937. The second kappa shape index (κ2) is 10.0. The summed E-state index contributed by atoms with van der Waals surface area (Å²) in [5.41, 5.74) is 0.783. The fourth-order valence-corrected chi connectivity index (χ4v) is 4.16. The molecule has 2 rings (SSSR count). The number of anilines is 1. The molecule has 0 spiro atoms. The second-order valence-electron chi connectivity index (χ2n) is 6.69. The van der Waals surface area contributed by atoms with Gasteiger partial charge in [0.25, 0.3) is 0 Å². The molecule has 0 radical (unpaired) electrons. The van der Waals surface area contributed by atoms with Gasteiger partial charge in [0.05, 0.1) is 11.9 Å². The number of amides is 2. The fraction of sp³-hybridized carbons (Fsp3) is 0.300. The third-order valence-corrected chi connectivity index (χ3v) is 6.06. The average molecular weight is 500 g/mol. The molecular weight excluding hydrogens is 477 g/mol. The number of sulfonamides is 1. The molecule has 0 fully saturated rings. The molecule has 0 heterocycles. The predicted octanol–water partition coefficient (Wildman–Crippen LogP) is 2.52. The van der Waals surface area contributed by atoms with Crippen molar-refractivity contribution in [3.63, 3.8) is 0 Å². The van der Waals surface area contributed by atoms with Gasteiger partial charge in [-0.25, -0.2) is 12.8 Å². The van der Waals surface area contributed by atoms with E-state index in [1.54, 1.807) is 25.1 Å². The summed E-state index contributed by atoms with van der Waals surface area (Å²) in [5.74, 6) is -1.62. The van der Waals surface area contributed by atoms with Crippen molar-refractivity contribution in [2.24, 2.45) is 0 Å². The van der Waals surface area contributed by atoms with E-state index in [2.05, 4.69) is 21.2 Å². The number of benzene rings is 2. The lowest BCUT2D eigenvalue weighted by molar-refractivity contribution is -0.139. The SMILES string of the molecule is CNC(=O)C(C)N(Cc1cccc(Br)c1)C(=O)CN(c1cccc(F)c1)S(C)(=O)=O. The highest BCUT2D eigenvalue weighted by Gasteiger charge is 2.29. The van der Waals surface area contributed by atoms with Crippen molar-refractivity contribution in [2.45, 2.75) is 19.5 Å². The van der Waals surface area contributed by atoms with Crippen LogP contribution in [0.3, 0.4) is 0 Å². The van der Waals surface area contributed by atoms with Crippen LogP contribution in [-0.2, 0) is 26.2 Å². The normalized spacial score (nSPS) is 12.2. The van der Waals surface area contributed by atoms with Crippen molar-refractivity contribution in [2.75, 3.05) is 24.2 Å². The van der Waals surface area contributed by atoms with Crippen LogP contribution >= 0.6 is 15.9 Å². The predicted molar refractivity (Wildman–Crippen MR) is 117 cm³/mol. The minimum Gasteiger partial charge on any atom is -0.357 e. The van der Waals surface area contributed by atoms with Gasteiger partial charge in [0.2, 0.25) is 21.8 Å². The van der Waals surface area contributed by atoms with E-state index >= 15 is 0 Å². The molecule has 0 saturated carbocycles. The summed E-state index contributed by atoms with van der Waals surface area (Å²) in [7, 11) is -2.43. The topological polar surface area (TPSA) is 86.8 Å². The van der Waals surface area contributed by atoms with Crippen molar-refractivity contribution in [3.05, 3.63) is 64.4 Å². The van der Waals surface area contributed by atoms with E-state index in [4.69, 9.17) is 0 Å². The van der Waals surface area contributed by atoms with Crippen LogP contribution < -0.4 is 9.62 Å². The minimum absolute atomic E-state index is 0.0286. The van der Waals surface area contributed by atoms with E-state index in [9.17, 15) is 22.4 Å². The van der Waals surface area contributed by atoms with Crippen LogP contribution in [0.1, 0.15) is 12.5 Å². The van der Waals surface area contributed by atoms with E-state index in [1.807, 2.05) is 6.07 Å². The van der Waals surface area contributed by atoms with Crippen LogP contribution in [0.25, 0.3) is 0 Å². The highest BCUT2D eigenvalue weighted by molar-refractivity contribution is 9.10. The number of nitrogens with one attached hydrogen (secondary N) is 1. The summed E-state index contributed by atoms with van der Waals surface area (Å²) in [5, 5.41) is 2.50. The molecule has 1 N–H and O–H groups in total. The first-order valence-electron chi connectivity index (χ1n) is 9.01. The number of nitrogens with zero attached hydrogens (tertiary/aromatic N) is 2. The average Bonchev–Trinajstić information content (AvgIpc) is 2.68. The van der Waals surface area contributed by atoms with Crippen LogP contribution in [0.5, 0.6) is 0 Å². The van der Waals surface area contributed by atoms with Crippen molar-refractivity contribution >= 4 is 43.5 Å². The summed E-state index contributed by atoms with van der Waals surface area (Å²) < 4.78 is 39.9. The van der Waals surface area contributed by atoms with Crippen LogP contribution in [0, 0.1) is 5.82 Å². The van der Waals surface area contributed by atoms with Crippen LogP contribution in [0.15, 0.2) is 53.0 Å². The summed E-state index contributed by atoms with van der Waals surface area (Å²) >= 11 is 3.37. The highest BCUT2D eigenvalue weighted by atomic mass is 79.9. The first kappa shape index (κ1) is 23.8. The Hall–Kier alpha value is -2.46. The Morgan fingerprint density at radius 1 is 1.17 bits per heavy atom. The summed E-state index contributed by atoms with van der Waals surface area (Å²) in [6.45, 7) is 1.08. The Morgan fingerprint density at radius 3 is 2.40 bits per heavy atom. The number of hydrogen-bond acceptors (Lipinski definition) is 4. The number of carbonyl (C=O) groups excluding carboxylic acids is 2. The number of carbonyl (C=O) groups is 2. The molecule has 162 valence electrons. The van der Waals surface area contributed by atoms with Crippen LogP contribution in [0.2, 0.25) is 0 Å². The van der Waals surface area contributed by atoms with Gasteiger partial charge >= 0.3 is 0 Å². The standard InChI is InChI=1S/C20H23BrFN3O4S/c1-14(20(27)23-2)24(12-15-6-4-7-16(21)10-15)19(26)13-25(30(3,28)29)18-9-5-8-17(22)11-18/h4-11,14H,12-13H2,1-3H3,(H,23,27). The summed E-state index contributed by atoms with van der Waals surface area (Å²) in [4.78, 5) is 26.7. The molecule has 7 nitrogen and oxygen atoms in total. The third kappa shape index (κ3) is 6.27. The molecule has 2 amide bonds. The van der Waals surface area contributed by atoms with Gasteiger partial charge in [0.1, 0.15) is 18.4 Å². The van der Waals surface area contributed by atoms with Crippen LogP contribution in [0.4, 0.5) is 10.1 Å². The lowest BCUT2D eigenvalue weighted by Crippen LogP contribution is -2.50. The van der Waals surface area contributed by atoms with Crippen molar-refractivity contribution in [3.8, 4) is 0 Å². The van der Waals surface area contributed by atoms with Gasteiger partial charge in [0.15, 0.2) is 0 Å². The maximum absolute atomic E-state index is 13.6. The quantitative estimate of drug-likeness (QED) is 0.604. The van der Waals surface area contributed by atoms with Gasteiger partial charge in [-0.15, -0.1) is 0 Å². The number of rotatable bonds is 8. The van der Waals surface area contributed by atoms with Gasteiger partial charge in [-0.2, -0.15) is 0 Å². The zero-order valence-corrected chi connectivity index (χ0v) is 19.2. The largest absolute Gasteiger partial charge is 0.357 e. The van der Waals surface area contributed by atoms with Crippen molar-refractivity contribution in [1.82, 2.24) is 10.2 Å². The maximum Gasteiger partial charge on any atom is 0.244 e. The first-order valence-corrected chi connectivity index (χ1v) is 11.7. The molecule has 2 aromatic carbocycles.